The largest absolute Gasteiger partial charge is 0.445 e. The molecule has 0 bridgehead atoms. The van der Waals surface area contributed by atoms with Crippen LogP contribution in [0.4, 0.5) is 28.9 Å². The monoisotopic (exact) mass is 983 g/mol. The molecule has 4 aliphatic carbocycles. The number of rotatable bonds is 16. The normalized spacial score (nSPS) is 32.9. The van der Waals surface area contributed by atoms with Crippen molar-refractivity contribution in [1.29, 1.82) is 0 Å². The van der Waals surface area contributed by atoms with Gasteiger partial charge in [0.1, 0.15) is 18.8 Å². The summed E-state index contributed by atoms with van der Waals surface area (Å²) in [6.45, 7) is 8.48. The number of nitrogens with zero attached hydrogens (tertiary/aromatic N) is 2. The third-order valence-corrected chi connectivity index (χ3v) is 15.7. The van der Waals surface area contributed by atoms with E-state index >= 15 is 8.78 Å². The number of fused-ring (bicyclic) bond motifs is 7. The molecule has 0 radical (unpaired) electrons. The Balaban J connectivity index is 0.914. The number of primary amides is 1. The molecule has 1 aromatic carbocycles. The summed E-state index contributed by atoms with van der Waals surface area (Å²) >= 11 is 0. The molecule has 12 atom stereocenters. The molecule has 5 fully saturated rings. The first-order valence-corrected chi connectivity index (χ1v) is 24.2. The van der Waals surface area contributed by atoms with E-state index in [1.165, 1.54) is 28.9 Å². The number of hydrogen-bond donors (Lipinski definition) is 6. The van der Waals surface area contributed by atoms with E-state index in [2.05, 4.69) is 16.0 Å². The first-order chi connectivity index (χ1) is 33.1. The quantitative estimate of drug-likeness (QED) is 0.129. The zero-order valence-electron chi connectivity index (χ0n) is 40.4. The van der Waals surface area contributed by atoms with Crippen molar-refractivity contribution in [3.63, 3.8) is 0 Å². The Morgan fingerprint density at radius 1 is 0.971 bits per heavy atom. The fourth-order valence-corrected chi connectivity index (χ4v) is 11.8. The molecule has 21 heteroatoms. The number of anilines is 1. The summed E-state index contributed by atoms with van der Waals surface area (Å²) in [5, 5.41) is 19.8. The van der Waals surface area contributed by atoms with E-state index in [0.717, 1.165) is 6.08 Å². The van der Waals surface area contributed by atoms with E-state index in [-0.39, 0.29) is 76.5 Å². The molecule has 8 N–H and O–H groups in total. The first-order valence-electron chi connectivity index (χ1n) is 24.2. The van der Waals surface area contributed by atoms with Crippen LogP contribution in [0.5, 0.6) is 0 Å². The number of Topliss-reactive ketones (excluding diaryl/α,β-unsaturated/α-hetero) is 1. The number of halogens is 2. The Labute approximate surface area is 405 Å². The molecule has 70 heavy (non-hydrogen) atoms. The van der Waals surface area contributed by atoms with Crippen LogP contribution in [0.15, 0.2) is 48.1 Å². The molecular formula is C49H67F2N7O12. The molecule has 19 nitrogen and oxygen atoms in total. The Kier molecular flexibility index (Phi) is 15.5. The number of aliphatic hydroxyl groups excluding tert-OH is 1. The number of hydrogen-bond acceptors (Lipinski definition) is 13. The van der Waals surface area contributed by atoms with Crippen molar-refractivity contribution in [2.45, 2.75) is 134 Å². The Morgan fingerprint density at radius 3 is 2.26 bits per heavy atom. The molecule has 6 aliphatic rings. The summed E-state index contributed by atoms with van der Waals surface area (Å²) < 4.78 is 58.0. The van der Waals surface area contributed by atoms with Crippen LogP contribution in [0.3, 0.4) is 0 Å². The highest BCUT2D eigenvalue weighted by molar-refractivity contribution is 6.01. The topological polar surface area (TPSA) is 271 Å². The average molecular weight is 984 g/mol. The number of urea groups is 1. The molecule has 1 aromatic rings. The smallest absolute Gasteiger partial charge is 0.410 e. The summed E-state index contributed by atoms with van der Waals surface area (Å²) in [4.78, 5) is 93.2. The molecule has 0 aromatic heterocycles. The van der Waals surface area contributed by atoms with Crippen LogP contribution in [-0.4, -0.2) is 144 Å². The van der Waals surface area contributed by atoms with Crippen molar-refractivity contribution >= 4 is 47.3 Å². The van der Waals surface area contributed by atoms with Gasteiger partial charge in [-0.15, -0.1) is 0 Å². The van der Waals surface area contributed by atoms with Crippen molar-refractivity contribution in [1.82, 2.24) is 20.4 Å². The van der Waals surface area contributed by atoms with Gasteiger partial charge in [0.25, 0.3) is 0 Å². The van der Waals surface area contributed by atoms with Gasteiger partial charge in [-0.3, -0.25) is 19.2 Å². The van der Waals surface area contributed by atoms with Gasteiger partial charge in [0.2, 0.25) is 17.6 Å². The number of nitrogens with two attached hydrogens (primary N) is 2. The Morgan fingerprint density at radius 2 is 1.63 bits per heavy atom. The van der Waals surface area contributed by atoms with Gasteiger partial charge in [0, 0.05) is 55.2 Å². The minimum Gasteiger partial charge on any atom is -0.445 e. The molecule has 7 rings (SSSR count). The molecule has 3 saturated carbocycles. The lowest BCUT2D eigenvalue weighted by molar-refractivity contribution is -0.234. The average Bonchev–Trinajstić information content (AvgIpc) is 3.81. The third-order valence-electron chi connectivity index (χ3n) is 15.7. The molecule has 6 amide bonds. The fourth-order valence-electron chi connectivity index (χ4n) is 11.8. The van der Waals surface area contributed by atoms with Crippen LogP contribution >= 0.6 is 0 Å². The number of allylic oxidation sites excluding steroid dienone is 4. The fraction of sp³-hybridized carbons (Fsp3) is 0.653. The van der Waals surface area contributed by atoms with Crippen molar-refractivity contribution in [2.24, 2.45) is 40.1 Å². The first kappa shape index (κ1) is 52.3. The maximum absolute atomic E-state index is 17.8. The van der Waals surface area contributed by atoms with E-state index in [1.807, 2.05) is 6.92 Å². The zero-order valence-corrected chi connectivity index (χ0v) is 40.4. The number of amides is 6. The number of ether oxygens (including phenoxy) is 4. The second-order valence-electron chi connectivity index (χ2n) is 20.2. The van der Waals surface area contributed by atoms with E-state index < -0.39 is 119 Å². The second kappa shape index (κ2) is 20.7. The number of piperazine rings is 1. The summed E-state index contributed by atoms with van der Waals surface area (Å²) in [7, 11) is 0. The van der Waals surface area contributed by atoms with Crippen molar-refractivity contribution in [3.05, 3.63) is 53.6 Å². The summed E-state index contributed by atoms with van der Waals surface area (Å²) in [5.74, 6) is -3.96. The minimum absolute atomic E-state index is 0.00686. The van der Waals surface area contributed by atoms with Gasteiger partial charge >= 0.3 is 18.2 Å². The zero-order chi connectivity index (χ0) is 50.9. The van der Waals surface area contributed by atoms with E-state index in [4.69, 9.17) is 30.4 Å². The molecule has 1 unspecified atom stereocenters. The molecule has 384 valence electrons. The highest BCUT2D eigenvalue weighted by Crippen LogP contribution is 2.72. The number of carbonyl (C=O) groups is 7. The van der Waals surface area contributed by atoms with E-state index in [9.17, 15) is 38.7 Å². The number of nitrogens with one attached hydrogen (secondary N) is 3. The molecule has 2 aliphatic heterocycles. The van der Waals surface area contributed by atoms with Gasteiger partial charge < -0.3 is 61.3 Å². The van der Waals surface area contributed by atoms with Gasteiger partial charge in [0.15, 0.2) is 29.9 Å². The van der Waals surface area contributed by atoms with Crippen LogP contribution in [0.2, 0.25) is 0 Å². The molecule has 0 spiro atoms. The number of benzene rings is 1. The van der Waals surface area contributed by atoms with Crippen LogP contribution in [-0.2, 0) is 44.7 Å². The summed E-state index contributed by atoms with van der Waals surface area (Å²) in [6.07, 6.45) is -1.49. The van der Waals surface area contributed by atoms with Gasteiger partial charge in [-0.1, -0.05) is 52.3 Å². The number of ketones is 2. The SMILES string of the molecule is CCCC1O[C@@H]2C[C@H]3[C@@H]4C[C@H](F)C5=CC(=O)C=C[C@]5(C)[C@@]4(F)[C@@H](O)C[C@]3(C)[C@]2(C(=O)COC(=O)N2CCN(C(=O)OCc3ccc(NC(=O)[C@H](CCCNC(N)=O)NC(=O)[C@@H](N)C(C)C)cc3)CC2)O1. The van der Waals surface area contributed by atoms with Gasteiger partial charge in [-0.25, -0.2) is 23.2 Å². The lowest BCUT2D eigenvalue weighted by Gasteiger charge is -2.63. The standard InChI is InChI=1S/C49H67F2N7O12/c1-6-8-39-69-38-23-31-32-22-34(50)33-21-30(59)14-15-46(33,4)48(32,51)36(60)24-47(31,5)49(38,70-39)37(61)26-68-45(66)58-19-17-57(18-20-58)44(65)67-25-28-10-12-29(13-11-28)55-41(62)35(9-7-16-54-43(53)64)56-42(63)40(52)27(2)3/h10-15,21,27,31-32,34-36,38-40,60H,6-9,16-20,22-26,52H2,1-5H3,(H,55,62)(H,56,63)(H3,53,54,64)/t31-,32-,34-,35-,36-,38+,39?,40-,46-,47-,48-,49+/m0/s1. The molecule has 2 heterocycles. The number of aliphatic hydroxyl groups is 1. The maximum Gasteiger partial charge on any atom is 0.410 e. The molecule has 2 saturated heterocycles. The second-order valence-corrected chi connectivity index (χ2v) is 20.2. The molecular weight excluding hydrogens is 917 g/mol. The highest BCUT2D eigenvalue weighted by atomic mass is 19.1. The predicted molar refractivity (Wildman–Crippen MR) is 248 cm³/mol. The summed E-state index contributed by atoms with van der Waals surface area (Å²) in [5.41, 5.74) is 5.17. The Bertz CT molecular complexity index is 2260. The van der Waals surface area contributed by atoms with Crippen LogP contribution < -0.4 is 27.4 Å². The predicted octanol–water partition coefficient (Wildman–Crippen LogP) is 3.71. The van der Waals surface area contributed by atoms with Crippen LogP contribution in [0.1, 0.15) is 85.1 Å². The van der Waals surface area contributed by atoms with Crippen LogP contribution in [0, 0.1) is 28.6 Å². The van der Waals surface area contributed by atoms with E-state index in [0.29, 0.717) is 30.5 Å². The maximum atomic E-state index is 17.8. The highest BCUT2D eigenvalue weighted by Gasteiger charge is 2.80. The lowest BCUT2D eigenvalue weighted by atomic mass is 9.44. The minimum atomic E-state index is -2.37. The summed E-state index contributed by atoms with van der Waals surface area (Å²) in [6, 6.07) is 4.05. The number of alkyl halides is 2. The van der Waals surface area contributed by atoms with Gasteiger partial charge in [-0.2, -0.15) is 0 Å². The lowest BCUT2D eigenvalue weighted by Crippen LogP contribution is -2.71. The Hall–Kier alpha value is -5.51. The van der Waals surface area contributed by atoms with Crippen molar-refractivity contribution in [2.75, 3.05) is 44.6 Å². The number of carbonyl (C=O) groups excluding carboxylic acids is 7. The van der Waals surface area contributed by atoms with Crippen molar-refractivity contribution < 1.29 is 66.4 Å². The van der Waals surface area contributed by atoms with Crippen LogP contribution in [0.25, 0.3) is 0 Å². The third kappa shape index (κ3) is 9.65. The van der Waals surface area contributed by atoms with E-state index in [1.54, 1.807) is 45.0 Å². The van der Waals surface area contributed by atoms with Gasteiger partial charge in [0.05, 0.1) is 18.2 Å². The van der Waals surface area contributed by atoms with Gasteiger partial charge in [-0.05, 0) is 92.7 Å². The van der Waals surface area contributed by atoms with Crippen molar-refractivity contribution in [3.8, 4) is 0 Å².